The van der Waals surface area contributed by atoms with Gasteiger partial charge >= 0.3 is 0 Å². The summed E-state index contributed by atoms with van der Waals surface area (Å²) in [4.78, 5) is 7.75. The Morgan fingerprint density at radius 3 is 1.88 bits per heavy atom. The highest BCUT2D eigenvalue weighted by atomic mass is 15.3. The minimum atomic E-state index is 0.291. The fourth-order valence-electron chi connectivity index (χ4n) is 2.97. The number of nitrogens with one attached hydrogen (secondary N) is 1. The molecule has 4 nitrogen and oxygen atoms in total. The van der Waals surface area contributed by atoms with Crippen LogP contribution >= 0.6 is 0 Å². The van der Waals surface area contributed by atoms with Gasteiger partial charge in [0.25, 0.3) is 0 Å². The van der Waals surface area contributed by atoms with Crippen molar-refractivity contribution in [2.45, 2.75) is 66.0 Å². The molecule has 1 aliphatic rings. The third-order valence-electron chi connectivity index (χ3n) is 5.70. The van der Waals surface area contributed by atoms with Crippen molar-refractivity contribution < 1.29 is 0 Å². The lowest BCUT2D eigenvalue weighted by molar-refractivity contribution is 0.118. The maximum Gasteiger partial charge on any atom is 0.0122 e. The second kappa shape index (κ2) is 10.7. The molecule has 1 saturated heterocycles. The van der Waals surface area contributed by atoms with Crippen LogP contribution in [0.4, 0.5) is 0 Å². The lowest BCUT2D eigenvalue weighted by Gasteiger charge is -2.36. The Morgan fingerprint density at radius 1 is 0.917 bits per heavy atom. The second-order valence-corrected chi connectivity index (χ2v) is 8.97. The summed E-state index contributed by atoms with van der Waals surface area (Å²) >= 11 is 0. The molecule has 0 bridgehead atoms. The zero-order valence-corrected chi connectivity index (χ0v) is 17.6. The molecule has 1 heterocycles. The molecule has 0 aromatic heterocycles. The van der Waals surface area contributed by atoms with Gasteiger partial charge in [-0.2, -0.15) is 0 Å². The summed E-state index contributed by atoms with van der Waals surface area (Å²) in [7, 11) is 2.24. The van der Waals surface area contributed by atoms with E-state index < -0.39 is 0 Å². The quantitative estimate of drug-likeness (QED) is 0.617. The smallest absolute Gasteiger partial charge is 0.0122 e. The molecule has 0 saturated carbocycles. The molecule has 0 radical (unpaired) electrons. The topological polar surface area (TPSA) is 21.8 Å². The fourth-order valence-corrected chi connectivity index (χ4v) is 2.97. The van der Waals surface area contributed by atoms with Crippen LogP contribution in [0.25, 0.3) is 0 Å². The van der Waals surface area contributed by atoms with E-state index in [0.29, 0.717) is 11.6 Å². The molecule has 0 aliphatic carbocycles. The number of rotatable bonds is 10. The Morgan fingerprint density at radius 2 is 1.42 bits per heavy atom. The highest BCUT2D eigenvalue weighted by Gasteiger charge is 2.19. The molecule has 1 unspecified atom stereocenters. The summed E-state index contributed by atoms with van der Waals surface area (Å²) in [5.74, 6) is 0.728. The Hall–Kier alpha value is -0.160. The fraction of sp³-hybridized carbons (Fsp3) is 1.00. The van der Waals surface area contributed by atoms with E-state index in [1.54, 1.807) is 0 Å². The third kappa shape index (κ3) is 8.80. The molecule has 4 heteroatoms. The molecule has 24 heavy (non-hydrogen) atoms. The van der Waals surface area contributed by atoms with E-state index in [9.17, 15) is 0 Å². The Kier molecular flexibility index (Phi) is 9.80. The van der Waals surface area contributed by atoms with Gasteiger partial charge in [-0.25, -0.2) is 0 Å². The van der Waals surface area contributed by atoms with Crippen LogP contribution in [0.5, 0.6) is 0 Å². The lowest BCUT2D eigenvalue weighted by Crippen LogP contribution is -2.48. The van der Waals surface area contributed by atoms with Crippen LogP contribution < -0.4 is 5.32 Å². The summed E-state index contributed by atoms with van der Waals surface area (Å²) in [5.41, 5.74) is 0.291. The average molecular weight is 341 g/mol. The number of hydrogen-bond acceptors (Lipinski definition) is 4. The van der Waals surface area contributed by atoms with Gasteiger partial charge in [-0.15, -0.1) is 0 Å². The highest BCUT2D eigenvalue weighted by molar-refractivity contribution is 4.75. The third-order valence-corrected chi connectivity index (χ3v) is 5.70. The number of nitrogens with zero attached hydrogens (tertiary/aromatic N) is 3. The Balaban J connectivity index is 2.06. The first-order chi connectivity index (χ1) is 11.2. The molecular formula is C20H44N4. The molecule has 0 spiro atoms. The van der Waals surface area contributed by atoms with Crippen molar-refractivity contribution in [1.29, 1.82) is 0 Å². The van der Waals surface area contributed by atoms with E-state index in [-0.39, 0.29) is 0 Å². The zero-order chi connectivity index (χ0) is 18.2. The maximum atomic E-state index is 3.64. The SMILES string of the molecule is CC(C)C(C)NCCCN1CCN(CCCN(C)C(C)(C)C)CC1. The van der Waals surface area contributed by atoms with Crippen molar-refractivity contribution in [3.05, 3.63) is 0 Å². The van der Waals surface area contributed by atoms with Crippen LogP contribution in [0.2, 0.25) is 0 Å². The summed E-state index contributed by atoms with van der Waals surface area (Å²) in [6.45, 7) is 23.6. The molecule has 1 atom stereocenters. The van der Waals surface area contributed by atoms with E-state index in [1.165, 1.54) is 58.7 Å². The average Bonchev–Trinajstić information content (AvgIpc) is 2.51. The van der Waals surface area contributed by atoms with Crippen LogP contribution in [0.1, 0.15) is 54.4 Å². The summed E-state index contributed by atoms with van der Waals surface area (Å²) in [5, 5.41) is 3.64. The van der Waals surface area contributed by atoms with E-state index in [4.69, 9.17) is 0 Å². The summed E-state index contributed by atoms with van der Waals surface area (Å²) in [6, 6.07) is 0.632. The van der Waals surface area contributed by atoms with Gasteiger partial charge in [0.2, 0.25) is 0 Å². The summed E-state index contributed by atoms with van der Waals surface area (Å²) < 4.78 is 0. The molecule has 1 aliphatic heterocycles. The van der Waals surface area contributed by atoms with Gasteiger partial charge in [0.05, 0.1) is 0 Å². The predicted octanol–water partition coefficient (Wildman–Crippen LogP) is 2.75. The number of piperazine rings is 1. The van der Waals surface area contributed by atoms with Crippen LogP contribution in [-0.2, 0) is 0 Å². The maximum absolute atomic E-state index is 3.64. The van der Waals surface area contributed by atoms with Crippen molar-refractivity contribution in [3.63, 3.8) is 0 Å². The first-order valence-corrected chi connectivity index (χ1v) is 10.1. The number of hydrogen-bond donors (Lipinski definition) is 1. The van der Waals surface area contributed by atoms with Gasteiger partial charge in [-0.3, -0.25) is 0 Å². The molecule has 0 amide bonds. The van der Waals surface area contributed by atoms with Gasteiger partial charge in [0, 0.05) is 37.8 Å². The standard InChI is InChI=1S/C20H44N4/c1-18(2)19(3)21-10-8-12-23-14-16-24(17-15-23)13-9-11-22(7)20(4,5)6/h18-19,21H,8-17H2,1-7H3. The largest absolute Gasteiger partial charge is 0.314 e. The van der Waals surface area contributed by atoms with Gasteiger partial charge in [0.15, 0.2) is 0 Å². The monoisotopic (exact) mass is 340 g/mol. The van der Waals surface area contributed by atoms with Gasteiger partial charge < -0.3 is 20.0 Å². The molecule has 1 rings (SSSR count). The molecule has 1 N–H and O–H groups in total. The first-order valence-electron chi connectivity index (χ1n) is 10.1. The lowest BCUT2D eigenvalue weighted by atomic mass is 10.1. The van der Waals surface area contributed by atoms with Gasteiger partial charge in [-0.05, 0) is 79.7 Å². The van der Waals surface area contributed by atoms with E-state index in [1.807, 2.05) is 0 Å². The van der Waals surface area contributed by atoms with Crippen LogP contribution in [0.15, 0.2) is 0 Å². The minimum Gasteiger partial charge on any atom is -0.314 e. The highest BCUT2D eigenvalue weighted by Crippen LogP contribution is 2.11. The van der Waals surface area contributed by atoms with Gasteiger partial charge in [-0.1, -0.05) is 13.8 Å². The van der Waals surface area contributed by atoms with E-state index >= 15 is 0 Å². The molecule has 0 aromatic carbocycles. The van der Waals surface area contributed by atoms with Crippen molar-refractivity contribution in [2.24, 2.45) is 5.92 Å². The predicted molar refractivity (Wildman–Crippen MR) is 107 cm³/mol. The molecule has 0 aromatic rings. The minimum absolute atomic E-state index is 0.291. The summed E-state index contributed by atoms with van der Waals surface area (Å²) in [6.07, 6.45) is 2.55. The van der Waals surface area contributed by atoms with Crippen LogP contribution in [0.3, 0.4) is 0 Å². The van der Waals surface area contributed by atoms with Crippen molar-refractivity contribution in [2.75, 3.05) is 59.4 Å². The van der Waals surface area contributed by atoms with Crippen molar-refractivity contribution in [3.8, 4) is 0 Å². The molecular weight excluding hydrogens is 296 g/mol. The Labute approximate surface area is 151 Å². The second-order valence-electron chi connectivity index (χ2n) is 8.97. The zero-order valence-electron chi connectivity index (χ0n) is 17.6. The normalized spacial score (nSPS) is 19.4. The Bertz CT molecular complexity index is 316. The first kappa shape index (κ1) is 21.9. The van der Waals surface area contributed by atoms with Crippen LogP contribution in [0, 0.1) is 5.92 Å². The van der Waals surface area contributed by atoms with Gasteiger partial charge in [0.1, 0.15) is 0 Å². The molecule has 144 valence electrons. The van der Waals surface area contributed by atoms with E-state index in [2.05, 4.69) is 68.6 Å². The molecule has 1 fully saturated rings. The van der Waals surface area contributed by atoms with Crippen LogP contribution in [-0.4, -0.2) is 85.7 Å². The van der Waals surface area contributed by atoms with Crippen molar-refractivity contribution in [1.82, 2.24) is 20.0 Å². The van der Waals surface area contributed by atoms with Crippen molar-refractivity contribution >= 4 is 0 Å². The van der Waals surface area contributed by atoms with E-state index in [0.717, 1.165) is 12.5 Å².